The van der Waals surface area contributed by atoms with Crippen molar-refractivity contribution in [3.63, 3.8) is 0 Å². The molecule has 0 fully saturated rings. The predicted molar refractivity (Wildman–Crippen MR) is 340 cm³/mol. The van der Waals surface area contributed by atoms with Crippen LogP contribution >= 0.6 is 0 Å². The van der Waals surface area contributed by atoms with Crippen LogP contribution in [0, 0.1) is 23.7 Å². The zero-order chi connectivity index (χ0) is 62.3. The van der Waals surface area contributed by atoms with E-state index in [-0.39, 0.29) is 68.3 Å². The van der Waals surface area contributed by atoms with Crippen LogP contribution in [0.2, 0.25) is 0 Å². The Morgan fingerprint density at radius 1 is 0.361 bits per heavy atom. The second-order valence-electron chi connectivity index (χ2n) is 26.9. The van der Waals surface area contributed by atoms with Crippen molar-refractivity contribution in [1.29, 1.82) is 0 Å². The number of ether oxygens (including phenoxy) is 2. The zero-order valence-electron chi connectivity index (χ0n) is 55.7. The van der Waals surface area contributed by atoms with Crippen LogP contribution in [-0.4, -0.2) is 117 Å². The van der Waals surface area contributed by atoms with Gasteiger partial charge in [0.25, 0.3) is 5.91 Å². The van der Waals surface area contributed by atoms with Crippen LogP contribution in [0.3, 0.4) is 0 Å². The lowest BCUT2D eigenvalue weighted by Gasteiger charge is -2.28. The first-order valence-electron chi connectivity index (χ1n) is 33.9. The number of esters is 2. The molecule has 0 aliphatic carbocycles. The van der Waals surface area contributed by atoms with Crippen LogP contribution in [0.4, 0.5) is 0 Å². The number of unbranched alkanes of at least 4 members (excludes halogenated alkanes) is 25. The fraction of sp³-hybridized carbons (Fsp3) is 0.896. The molecular formula is C67H130N7O9+. The van der Waals surface area contributed by atoms with E-state index in [0.717, 1.165) is 68.7 Å². The summed E-state index contributed by atoms with van der Waals surface area (Å²) in [6.45, 7) is 21.7. The molecule has 486 valence electrons. The quantitative estimate of drug-likeness (QED) is 0.0147. The summed E-state index contributed by atoms with van der Waals surface area (Å²) in [4.78, 5) is 96.4. The van der Waals surface area contributed by atoms with E-state index in [0.29, 0.717) is 25.9 Å². The van der Waals surface area contributed by atoms with E-state index in [4.69, 9.17) is 9.47 Å². The molecule has 0 aromatic heterocycles. The fourth-order valence-electron chi connectivity index (χ4n) is 10.3. The van der Waals surface area contributed by atoms with Crippen LogP contribution in [0.25, 0.3) is 0 Å². The second-order valence-corrected chi connectivity index (χ2v) is 26.9. The number of rotatable bonds is 55. The summed E-state index contributed by atoms with van der Waals surface area (Å²) in [5.74, 6) is -3.37. The Bertz CT molecular complexity index is 1700. The largest absolute Gasteiger partial charge is 0.466 e. The van der Waals surface area contributed by atoms with E-state index in [9.17, 15) is 33.6 Å². The maximum atomic E-state index is 14.3. The molecule has 0 saturated carbocycles. The molecule has 0 aliphatic heterocycles. The molecular weight excluding hydrogens is 1050 g/mol. The Hall–Kier alpha value is -3.79. The highest BCUT2D eigenvalue weighted by molar-refractivity contribution is 5.95. The third-order valence-corrected chi connectivity index (χ3v) is 15.2. The van der Waals surface area contributed by atoms with Gasteiger partial charge in [0.1, 0.15) is 30.2 Å². The van der Waals surface area contributed by atoms with Gasteiger partial charge >= 0.3 is 11.9 Å². The molecule has 0 aromatic rings. The van der Waals surface area contributed by atoms with Crippen molar-refractivity contribution in [3.05, 3.63) is 0 Å². The van der Waals surface area contributed by atoms with Crippen molar-refractivity contribution in [2.75, 3.05) is 40.9 Å². The summed E-state index contributed by atoms with van der Waals surface area (Å²) in [6, 6.07) is -5.01. The van der Waals surface area contributed by atoms with E-state index in [1.54, 1.807) is 0 Å². The van der Waals surface area contributed by atoms with Crippen LogP contribution < -0.4 is 32.1 Å². The predicted octanol–water partition coefficient (Wildman–Crippen LogP) is 13.0. The number of carbonyl (C=O) groups excluding carboxylic acids is 7. The van der Waals surface area contributed by atoms with Crippen LogP contribution in [-0.2, 0) is 43.0 Å². The minimum absolute atomic E-state index is 0.00300. The Morgan fingerprint density at radius 2 is 0.687 bits per heavy atom. The van der Waals surface area contributed by atoms with Gasteiger partial charge in [-0.15, -0.1) is 0 Å². The van der Waals surface area contributed by atoms with Gasteiger partial charge in [-0.2, -0.15) is 0 Å². The minimum Gasteiger partial charge on any atom is -0.466 e. The van der Waals surface area contributed by atoms with Gasteiger partial charge in [-0.3, -0.25) is 39.0 Å². The molecule has 0 bridgehead atoms. The molecule has 0 spiro atoms. The summed E-state index contributed by atoms with van der Waals surface area (Å²) in [5, 5.41) is 11.7. The lowest BCUT2D eigenvalue weighted by Crippen LogP contribution is -2.60. The van der Waals surface area contributed by atoms with Crippen molar-refractivity contribution in [2.24, 2.45) is 23.7 Å². The minimum atomic E-state index is -1.06. The molecule has 16 heteroatoms. The normalized spacial score (nSPS) is 13.6. The average molecular weight is 1180 g/mol. The van der Waals surface area contributed by atoms with E-state index in [1.807, 2.05) is 55.4 Å². The van der Waals surface area contributed by atoms with Crippen LogP contribution in [0.5, 0.6) is 0 Å². The van der Waals surface area contributed by atoms with E-state index < -0.39 is 65.8 Å². The Balaban J connectivity index is 5.88. The van der Waals surface area contributed by atoms with Crippen molar-refractivity contribution in [1.82, 2.24) is 32.1 Å². The molecule has 83 heavy (non-hydrogen) atoms. The number of hydrazine groups is 1. The SMILES string of the molecule is CCCCCCCCCCCCOC(=O)CC[C@H](NNC(=O)[C@H](CC(C)C)NC(=O)[C@H](CC(C)C)NC(=O)[C@H](CC(C)C)NC(=O)[C@H](CC(C)C)NC(=O)CCCCCCCCCC[N+](C)(C)C)C(=O)OCCCCCCCCCCCC. The van der Waals surface area contributed by atoms with Gasteiger partial charge in [-0.05, 0) is 87.9 Å². The summed E-state index contributed by atoms with van der Waals surface area (Å²) in [6.07, 6.45) is 33.3. The third kappa shape index (κ3) is 47.1. The highest BCUT2D eigenvalue weighted by Crippen LogP contribution is 2.17. The van der Waals surface area contributed by atoms with Crippen LogP contribution in [0.1, 0.15) is 294 Å². The lowest BCUT2D eigenvalue weighted by atomic mass is 9.98. The third-order valence-electron chi connectivity index (χ3n) is 15.2. The number of amides is 5. The molecule has 0 heterocycles. The molecule has 0 saturated heterocycles. The second kappa shape index (κ2) is 50.4. The highest BCUT2D eigenvalue weighted by atomic mass is 16.5. The zero-order valence-corrected chi connectivity index (χ0v) is 55.7. The first-order valence-corrected chi connectivity index (χ1v) is 33.9. The Morgan fingerprint density at radius 3 is 1.06 bits per heavy atom. The van der Waals surface area contributed by atoms with Gasteiger partial charge in [0.05, 0.1) is 40.9 Å². The molecule has 0 aliphatic rings. The number of nitrogens with one attached hydrogen (secondary N) is 6. The average Bonchev–Trinajstić information content (AvgIpc) is 3.41. The summed E-state index contributed by atoms with van der Waals surface area (Å²) < 4.78 is 12.2. The molecule has 6 N–H and O–H groups in total. The molecule has 0 rings (SSSR count). The van der Waals surface area contributed by atoms with Gasteiger partial charge < -0.3 is 35.2 Å². The molecule has 0 unspecified atom stereocenters. The first kappa shape index (κ1) is 79.2. The van der Waals surface area contributed by atoms with Crippen LogP contribution in [0.15, 0.2) is 0 Å². The monoisotopic (exact) mass is 1180 g/mol. The number of hydrogen-bond acceptors (Lipinski definition) is 10. The van der Waals surface area contributed by atoms with Gasteiger partial charge in [0.15, 0.2) is 0 Å². The molecule has 5 atom stereocenters. The summed E-state index contributed by atoms with van der Waals surface area (Å²) in [5.41, 5.74) is 5.50. The first-order chi connectivity index (χ1) is 39.5. The van der Waals surface area contributed by atoms with Gasteiger partial charge in [0, 0.05) is 12.8 Å². The van der Waals surface area contributed by atoms with E-state index in [2.05, 4.69) is 67.1 Å². The summed E-state index contributed by atoms with van der Waals surface area (Å²) >= 11 is 0. The van der Waals surface area contributed by atoms with Gasteiger partial charge in [-0.1, -0.05) is 217 Å². The summed E-state index contributed by atoms with van der Waals surface area (Å²) in [7, 11) is 6.67. The van der Waals surface area contributed by atoms with Gasteiger partial charge in [-0.25, -0.2) is 5.43 Å². The van der Waals surface area contributed by atoms with Crippen molar-refractivity contribution < 1.29 is 47.5 Å². The van der Waals surface area contributed by atoms with E-state index >= 15 is 0 Å². The van der Waals surface area contributed by atoms with Crippen molar-refractivity contribution in [3.8, 4) is 0 Å². The maximum absolute atomic E-state index is 14.3. The highest BCUT2D eigenvalue weighted by Gasteiger charge is 2.33. The van der Waals surface area contributed by atoms with Gasteiger partial charge in [0.2, 0.25) is 23.6 Å². The number of nitrogens with zero attached hydrogens (tertiary/aromatic N) is 1. The standard InChI is InChI=1S/C67H129N7O9/c1-14-16-18-20-22-24-28-32-36-40-46-82-62(76)44-43-56(67(81)83-47-41-37-33-29-25-23-21-19-17-15-2)72-73-66(80)60(51-55(9)10)71-65(79)59(50-54(7)8)70-64(78)58(49-53(5)6)69-63(77)57(48-52(3)4)68-61(75)42-38-34-30-26-27-31-35-39-45-74(11,12)13/h52-60,72H,14-51H2,1-13H3,(H4-,68,69,70,71,73,75,77,78,79,80)/p+1/t56-,57-,58-,59-,60-/m0/s1. The Labute approximate surface area is 507 Å². The number of carbonyl (C=O) groups is 7. The molecule has 16 nitrogen and oxygen atoms in total. The number of quaternary nitrogens is 1. The molecule has 0 aromatic carbocycles. The van der Waals surface area contributed by atoms with Crippen molar-refractivity contribution in [2.45, 2.75) is 324 Å². The Kier molecular flexibility index (Phi) is 48.1. The lowest BCUT2D eigenvalue weighted by molar-refractivity contribution is -0.870. The fourth-order valence-corrected chi connectivity index (χ4v) is 10.3. The van der Waals surface area contributed by atoms with Crippen molar-refractivity contribution >= 4 is 41.5 Å². The van der Waals surface area contributed by atoms with E-state index in [1.165, 1.54) is 116 Å². The number of hydrogen-bond donors (Lipinski definition) is 6. The smallest absolute Gasteiger partial charge is 0.324 e. The maximum Gasteiger partial charge on any atom is 0.324 e. The topological polar surface area (TPSA) is 210 Å². The molecule has 5 amide bonds. The molecule has 0 radical (unpaired) electrons.